The number of aryl methyl sites for hydroxylation is 3. The van der Waals surface area contributed by atoms with Gasteiger partial charge in [0.15, 0.2) is 0 Å². The maximum absolute atomic E-state index is 5.89. The standard InChI is InChI=1S/C17H29NO/c1-13(2)7-6-8-18-9-10-19-17-15(4)11-14(3)12-16(17)5/h11-13,18H,6-10H2,1-5H3. The van der Waals surface area contributed by atoms with E-state index in [1.165, 1.54) is 29.5 Å². The molecule has 0 aliphatic rings. The van der Waals surface area contributed by atoms with E-state index in [9.17, 15) is 0 Å². The molecule has 2 heteroatoms. The average Bonchev–Trinajstić information content (AvgIpc) is 2.30. The Morgan fingerprint density at radius 1 is 1.05 bits per heavy atom. The molecule has 0 aliphatic carbocycles. The first kappa shape index (κ1) is 16.0. The lowest BCUT2D eigenvalue weighted by Crippen LogP contribution is -2.22. The van der Waals surface area contributed by atoms with Gasteiger partial charge in [0, 0.05) is 6.54 Å². The number of nitrogens with one attached hydrogen (secondary N) is 1. The molecule has 1 rings (SSSR count). The van der Waals surface area contributed by atoms with Crippen molar-refractivity contribution in [2.75, 3.05) is 19.7 Å². The van der Waals surface area contributed by atoms with Crippen LogP contribution in [0.2, 0.25) is 0 Å². The molecule has 0 unspecified atom stereocenters. The molecule has 0 saturated heterocycles. The first-order valence-electron chi connectivity index (χ1n) is 7.42. The van der Waals surface area contributed by atoms with Crippen molar-refractivity contribution >= 4 is 0 Å². The summed E-state index contributed by atoms with van der Waals surface area (Å²) in [5, 5.41) is 3.44. The Labute approximate surface area is 118 Å². The van der Waals surface area contributed by atoms with Crippen LogP contribution in [0.5, 0.6) is 5.75 Å². The quantitative estimate of drug-likeness (QED) is 0.715. The molecule has 0 fully saturated rings. The second-order valence-electron chi connectivity index (χ2n) is 5.86. The molecule has 19 heavy (non-hydrogen) atoms. The van der Waals surface area contributed by atoms with E-state index >= 15 is 0 Å². The Morgan fingerprint density at radius 3 is 2.26 bits per heavy atom. The molecule has 0 bridgehead atoms. The third kappa shape index (κ3) is 6.11. The van der Waals surface area contributed by atoms with Gasteiger partial charge in [-0.1, -0.05) is 31.5 Å². The lowest BCUT2D eigenvalue weighted by atomic mass is 10.1. The summed E-state index contributed by atoms with van der Waals surface area (Å²) >= 11 is 0. The molecule has 0 amide bonds. The fraction of sp³-hybridized carbons (Fsp3) is 0.647. The normalized spacial score (nSPS) is 11.1. The highest BCUT2D eigenvalue weighted by Crippen LogP contribution is 2.24. The van der Waals surface area contributed by atoms with Crippen molar-refractivity contribution in [3.8, 4) is 5.75 Å². The SMILES string of the molecule is Cc1cc(C)c(OCCNCCCC(C)C)c(C)c1. The smallest absolute Gasteiger partial charge is 0.125 e. The predicted octanol–water partition coefficient (Wildman–Crippen LogP) is 4.02. The largest absolute Gasteiger partial charge is 0.492 e. The maximum Gasteiger partial charge on any atom is 0.125 e. The van der Waals surface area contributed by atoms with Crippen molar-refractivity contribution in [2.45, 2.75) is 47.5 Å². The van der Waals surface area contributed by atoms with Gasteiger partial charge >= 0.3 is 0 Å². The zero-order valence-corrected chi connectivity index (χ0v) is 13.2. The molecular weight excluding hydrogens is 234 g/mol. The van der Waals surface area contributed by atoms with E-state index in [4.69, 9.17) is 4.74 Å². The summed E-state index contributed by atoms with van der Waals surface area (Å²) < 4.78 is 5.89. The minimum atomic E-state index is 0.742. The maximum atomic E-state index is 5.89. The summed E-state index contributed by atoms with van der Waals surface area (Å²) in [6, 6.07) is 4.36. The van der Waals surface area contributed by atoms with E-state index in [2.05, 4.69) is 52.1 Å². The molecule has 0 aromatic heterocycles. The highest BCUT2D eigenvalue weighted by molar-refractivity contribution is 5.42. The van der Waals surface area contributed by atoms with Crippen molar-refractivity contribution in [3.63, 3.8) is 0 Å². The van der Waals surface area contributed by atoms with Crippen molar-refractivity contribution in [3.05, 3.63) is 28.8 Å². The van der Waals surface area contributed by atoms with Crippen LogP contribution in [0.1, 0.15) is 43.4 Å². The van der Waals surface area contributed by atoms with Gasteiger partial charge in [-0.15, -0.1) is 0 Å². The summed E-state index contributed by atoms with van der Waals surface area (Å²) in [7, 11) is 0. The first-order valence-corrected chi connectivity index (χ1v) is 7.42. The molecule has 1 aromatic rings. The van der Waals surface area contributed by atoms with Crippen LogP contribution in [0.3, 0.4) is 0 Å². The molecule has 0 aliphatic heterocycles. The molecule has 0 atom stereocenters. The number of rotatable bonds is 8. The molecule has 0 spiro atoms. The summed E-state index contributed by atoms with van der Waals surface area (Å²) in [6.45, 7) is 13.7. The lowest BCUT2D eigenvalue weighted by molar-refractivity contribution is 0.309. The third-order valence-corrected chi connectivity index (χ3v) is 3.26. The van der Waals surface area contributed by atoms with Crippen LogP contribution in [-0.2, 0) is 0 Å². The number of hydrogen-bond acceptors (Lipinski definition) is 2. The van der Waals surface area contributed by atoms with Gasteiger partial charge in [0.05, 0.1) is 0 Å². The van der Waals surface area contributed by atoms with Gasteiger partial charge in [0.25, 0.3) is 0 Å². The Kier molecular flexibility index (Phi) is 6.93. The molecule has 1 aromatic carbocycles. The van der Waals surface area contributed by atoms with Crippen molar-refractivity contribution < 1.29 is 4.74 Å². The van der Waals surface area contributed by atoms with E-state index in [0.29, 0.717) is 0 Å². The number of ether oxygens (including phenoxy) is 1. The van der Waals surface area contributed by atoms with Gasteiger partial charge in [0.1, 0.15) is 12.4 Å². The average molecular weight is 263 g/mol. The van der Waals surface area contributed by atoms with Gasteiger partial charge in [0.2, 0.25) is 0 Å². The third-order valence-electron chi connectivity index (χ3n) is 3.26. The zero-order valence-electron chi connectivity index (χ0n) is 13.2. The summed E-state index contributed by atoms with van der Waals surface area (Å²) in [6.07, 6.45) is 2.55. The van der Waals surface area contributed by atoms with Crippen molar-refractivity contribution in [1.82, 2.24) is 5.32 Å². The van der Waals surface area contributed by atoms with Gasteiger partial charge in [-0.25, -0.2) is 0 Å². The van der Waals surface area contributed by atoms with Crippen LogP contribution in [-0.4, -0.2) is 19.7 Å². The number of benzene rings is 1. The molecule has 0 heterocycles. The molecule has 2 nitrogen and oxygen atoms in total. The highest BCUT2D eigenvalue weighted by Gasteiger charge is 2.04. The molecule has 0 saturated carbocycles. The number of hydrogen-bond donors (Lipinski definition) is 1. The van der Waals surface area contributed by atoms with Crippen molar-refractivity contribution in [1.29, 1.82) is 0 Å². The van der Waals surface area contributed by atoms with E-state index in [-0.39, 0.29) is 0 Å². The Hall–Kier alpha value is -1.02. The predicted molar refractivity (Wildman–Crippen MR) is 83.1 cm³/mol. The van der Waals surface area contributed by atoms with Crippen LogP contribution in [0, 0.1) is 26.7 Å². The summed E-state index contributed by atoms with van der Waals surface area (Å²) in [4.78, 5) is 0. The summed E-state index contributed by atoms with van der Waals surface area (Å²) in [5.74, 6) is 1.85. The van der Waals surface area contributed by atoms with Gasteiger partial charge in [-0.2, -0.15) is 0 Å². The van der Waals surface area contributed by atoms with Crippen LogP contribution >= 0.6 is 0 Å². The van der Waals surface area contributed by atoms with Crippen molar-refractivity contribution in [2.24, 2.45) is 5.92 Å². The minimum Gasteiger partial charge on any atom is -0.492 e. The van der Waals surface area contributed by atoms with E-state index in [1.807, 2.05) is 0 Å². The second kappa shape index (κ2) is 8.21. The van der Waals surface area contributed by atoms with Crippen LogP contribution in [0.25, 0.3) is 0 Å². The Morgan fingerprint density at radius 2 is 1.68 bits per heavy atom. The molecular formula is C17H29NO. The monoisotopic (exact) mass is 263 g/mol. The lowest BCUT2D eigenvalue weighted by Gasteiger charge is -2.13. The fourth-order valence-electron chi connectivity index (χ4n) is 2.38. The summed E-state index contributed by atoms with van der Waals surface area (Å²) in [5.41, 5.74) is 3.77. The molecule has 0 radical (unpaired) electrons. The minimum absolute atomic E-state index is 0.742. The van der Waals surface area contributed by atoms with Crippen LogP contribution in [0.15, 0.2) is 12.1 Å². The molecule has 1 N–H and O–H groups in total. The Bertz CT molecular complexity index is 362. The van der Waals surface area contributed by atoms with Crippen LogP contribution < -0.4 is 10.1 Å². The fourth-order valence-corrected chi connectivity index (χ4v) is 2.38. The molecule has 108 valence electrons. The zero-order chi connectivity index (χ0) is 14.3. The van der Waals surface area contributed by atoms with Gasteiger partial charge in [-0.05, 0) is 57.2 Å². The first-order chi connectivity index (χ1) is 9.00. The van der Waals surface area contributed by atoms with E-state index < -0.39 is 0 Å². The second-order valence-corrected chi connectivity index (χ2v) is 5.86. The highest BCUT2D eigenvalue weighted by atomic mass is 16.5. The Balaban J connectivity index is 2.23. The van der Waals surface area contributed by atoms with E-state index in [1.54, 1.807) is 0 Å². The van der Waals surface area contributed by atoms with E-state index in [0.717, 1.165) is 31.4 Å². The topological polar surface area (TPSA) is 21.3 Å². The van der Waals surface area contributed by atoms with Gasteiger partial charge in [-0.3, -0.25) is 0 Å². The van der Waals surface area contributed by atoms with Gasteiger partial charge < -0.3 is 10.1 Å². The van der Waals surface area contributed by atoms with Crippen LogP contribution in [0.4, 0.5) is 0 Å².